The van der Waals surface area contributed by atoms with Crippen LogP contribution in [0, 0.1) is 23.2 Å². The molecular formula is C28H34N2OSi. The van der Waals surface area contributed by atoms with E-state index in [1.165, 1.54) is 19.3 Å². The number of ketones is 1. The molecular weight excluding hydrogens is 408 g/mol. The molecule has 0 N–H and O–H groups in total. The number of carbonyl (C=O) groups excluding carboxylic acids is 1. The minimum Gasteiger partial charge on any atom is -0.362 e. The molecule has 166 valence electrons. The Morgan fingerprint density at radius 1 is 0.844 bits per heavy atom. The van der Waals surface area contributed by atoms with E-state index in [0.717, 1.165) is 29.6 Å². The topological polar surface area (TPSA) is 53.5 Å². The van der Waals surface area contributed by atoms with E-state index >= 15 is 0 Å². The maximum Gasteiger partial charge on any atom is 0.312 e. The summed E-state index contributed by atoms with van der Waals surface area (Å²) in [5.74, 6) is 2.16. The summed E-state index contributed by atoms with van der Waals surface area (Å²) < 4.78 is 0. The van der Waals surface area contributed by atoms with Crippen molar-refractivity contribution >= 4 is 29.6 Å². The number of hydrogen-bond acceptors (Lipinski definition) is 1. The fourth-order valence-electron chi connectivity index (χ4n) is 7.97. The van der Waals surface area contributed by atoms with Gasteiger partial charge >= 0.3 is 5.33 Å². The van der Waals surface area contributed by atoms with E-state index in [1.807, 2.05) is 12.1 Å². The Hall–Kier alpha value is -2.29. The molecule has 0 atom stereocenters. The first-order chi connectivity index (χ1) is 15.3. The van der Waals surface area contributed by atoms with Crippen molar-refractivity contribution < 1.29 is 9.58 Å². The van der Waals surface area contributed by atoms with E-state index in [-0.39, 0.29) is 16.2 Å². The molecule has 2 aromatic carbocycles. The fourth-order valence-corrected chi connectivity index (χ4v) is 13.4. The lowest BCUT2D eigenvalue weighted by Crippen LogP contribution is -2.73. The zero-order valence-electron chi connectivity index (χ0n) is 19.6. The van der Waals surface area contributed by atoms with Crippen LogP contribution in [-0.2, 0) is 4.79 Å². The third kappa shape index (κ3) is 3.11. The van der Waals surface area contributed by atoms with Crippen LogP contribution < -0.4 is 10.4 Å². The summed E-state index contributed by atoms with van der Waals surface area (Å²) in [6.45, 7) is 6.66. The minimum absolute atomic E-state index is 0.147. The lowest BCUT2D eigenvalue weighted by molar-refractivity contribution is -0.140. The molecule has 2 aromatic rings. The number of carbonyl (C=O) groups is 1. The van der Waals surface area contributed by atoms with Gasteiger partial charge in [-0.3, -0.25) is 4.79 Å². The summed E-state index contributed by atoms with van der Waals surface area (Å²) in [5.41, 5.74) is 10.3. The Balaban J connectivity index is 1.72. The quantitative estimate of drug-likeness (QED) is 0.277. The van der Waals surface area contributed by atoms with Crippen LogP contribution in [0.25, 0.3) is 5.53 Å². The van der Waals surface area contributed by atoms with Gasteiger partial charge < -0.3 is 5.53 Å². The molecule has 4 aliphatic carbocycles. The fraction of sp³-hybridized carbons (Fsp3) is 0.500. The Labute approximate surface area is 192 Å². The van der Waals surface area contributed by atoms with Crippen molar-refractivity contribution in [3.05, 3.63) is 66.2 Å². The molecule has 4 heteroatoms. The lowest BCUT2D eigenvalue weighted by Gasteiger charge is -2.55. The van der Waals surface area contributed by atoms with E-state index in [2.05, 4.69) is 74.1 Å². The molecule has 4 aliphatic rings. The van der Waals surface area contributed by atoms with Crippen LogP contribution in [0.1, 0.15) is 59.3 Å². The summed E-state index contributed by atoms with van der Waals surface area (Å²) >= 11 is 0. The van der Waals surface area contributed by atoms with Gasteiger partial charge in [0.15, 0.2) is 0 Å². The van der Waals surface area contributed by atoms with Crippen LogP contribution in [0.3, 0.4) is 0 Å². The summed E-state index contributed by atoms with van der Waals surface area (Å²) in [4.78, 5) is 18.6. The van der Waals surface area contributed by atoms with Crippen molar-refractivity contribution in [1.82, 2.24) is 0 Å². The van der Waals surface area contributed by atoms with Crippen LogP contribution in [0.15, 0.2) is 60.7 Å². The van der Waals surface area contributed by atoms with Gasteiger partial charge in [-0.15, -0.1) is 0 Å². The second-order valence-corrected chi connectivity index (χ2v) is 16.3. The van der Waals surface area contributed by atoms with Crippen molar-refractivity contribution in [2.45, 2.75) is 64.3 Å². The number of hydrogen-bond donors (Lipinski definition) is 0. The molecule has 0 heterocycles. The molecule has 0 spiro atoms. The van der Waals surface area contributed by atoms with E-state index in [1.54, 1.807) is 0 Å². The zero-order valence-corrected chi connectivity index (χ0v) is 20.6. The second kappa shape index (κ2) is 7.64. The van der Waals surface area contributed by atoms with E-state index in [9.17, 15) is 10.3 Å². The highest BCUT2D eigenvalue weighted by atomic mass is 28.3. The van der Waals surface area contributed by atoms with Crippen molar-refractivity contribution in [3.8, 4) is 0 Å². The average Bonchev–Trinajstić information content (AvgIpc) is 2.76. The van der Waals surface area contributed by atoms with Gasteiger partial charge in [0.1, 0.15) is 0 Å². The summed E-state index contributed by atoms with van der Waals surface area (Å²) in [7, 11) is -2.94. The second-order valence-electron chi connectivity index (χ2n) is 11.7. The zero-order chi connectivity index (χ0) is 22.6. The molecule has 0 aromatic heterocycles. The molecule has 4 saturated carbocycles. The molecule has 4 fully saturated rings. The third-order valence-electron chi connectivity index (χ3n) is 8.73. The smallest absolute Gasteiger partial charge is 0.312 e. The number of rotatable bonds is 5. The van der Waals surface area contributed by atoms with Crippen molar-refractivity contribution in [1.29, 1.82) is 0 Å². The highest BCUT2D eigenvalue weighted by Gasteiger charge is 2.65. The average molecular weight is 443 g/mol. The van der Waals surface area contributed by atoms with Crippen molar-refractivity contribution in [2.75, 3.05) is 0 Å². The number of Topliss-reactive ketones (excluding diaryl/α,β-unsaturated/α-hetero) is 1. The monoisotopic (exact) mass is 442 g/mol. The Morgan fingerprint density at radius 3 is 1.59 bits per heavy atom. The maximum absolute atomic E-state index is 14.6. The Morgan fingerprint density at radius 2 is 1.25 bits per heavy atom. The normalized spacial score (nSPS) is 28.9. The van der Waals surface area contributed by atoms with Gasteiger partial charge in [-0.2, -0.15) is 4.79 Å². The molecule has 0 unspecified atom stereocenters. The first-order valence-electron chi connectivity index (χ1n) is 12.2. The predicted molar refractivity (Wildman–Crippen MR) is 132 cm³/mol. The summed E-state index contributed by atoms with van der Waals surface area (Å²) in [6.07, 6.45) is 6.81. The number of benzene rings is 2. The first kappa shape index (κ1) is 21.5. The van der Waals surface area contributed by atoms with Gasteiger partial charge in [0.05, 0.1) is 0 Å². The standard InChI is InChI=1S/C28H34N2OSi/c1-27(2,3)32(23-10-6-4-7-11-23,24-12-8-5-9-13-24)26(30-29)25(31)28-17-20-14-21(18-28)16-22(15-20)19-28/h4-13,20-22H,14-19H2,1-3H3. The molecule has 0 saturated heterocycles. The highest BCUT2D eigenvalue weighted by molar-refractivity contribution is 7.29. The van der Waals surface area contributed by atoms with Gasteiger partial charge in [0, 0.05) is 5.41 Å². The molecule has 3 nitrogen and oxygen atoms in total. The SMILES string of the molecule is CC(C)(C)[Si](C(=[N+]=[N-])C(=O)C12CC3CC(CC(C3)C1)C2)(c1ccccc1)c1ccccc1. The van der Waals surface area contributed by atoms with E-state index in [4.69, 9.17) is 0 Å². The molecule has 0 amide bonds. The molecule has 4 bridgehead atoms. The third-order valence-corrected chi connectivity index (χ3v) is 14.4. The van der Waals surface area contributed by atoms with Crippen molar-refractivity contribution in [2.24, 2.45) is 23.2 Å². The Bertz CT molecular complexity index is 989. The van der Waals surface area contributed by atoms with Crippen molar-refractivity contribution in [3.63, 3.8) is 0 Å². The van der Waals surface area contributed by atoms with Gasteiger partial charge in [0.2, 0.25) is 5.78 Å². The summed E-state index contributed by atoms with van der Waals surface area (Å²) in [5, 5.41) is 2.49. The number of nitrogens with zero attached hydrogens (tertiary/aromatic N) is 2. The van der Waals surface area contributed by atoms with Crippen LogP contribution >= 0.6 is 0 Å². The predicted octanol–water partition coefficient (Wildman–Crippen LogP) is 5.05. The van der Waals surface area contributed by atoms with Gasteiger partial charge in [-0.05, 0) is 71.7 Å². The molecule has 32 heavy (non-hydrogen) atoms. The van der Waals surface area contributed by atoms with Gasteiger partial charge in [0.25, 0.3) is 8.07 Å². The van der Waals surface area contributed by atoms with Crippen LogP contribution in [0.4, 0.5) is 0 Å². The van der Waals surface area contributed by atoms with E-state index in [0.29, 0.717) is 23.1 Å². The van der Waals surface area contributed by atoms with Gasteiger partial charge in [-0.1, -0.05) is 81.4 Å². The van der Waals surface area contributed by atoms with Crippen LogP contribution in [0.2, 0.25) is 5.04 Å². The molecule has 0 radical (unpaired) electrons. The van der Waals surface area contributed by atoms with E-state index < -0.39 is 8.07 Å². The Kier molecular flexibility index (Phi) is 5.14. The molecule has 6 rings (SSSR count). The minimum atomic E-state index is -2.94. The largest absolute Gasteiger partial charge is 0.362 e. The highest BCUT2D eigenvalue weighted by Crippen LogP contribution is 2.60. The van der Waals surface area contributed by atoms with Crippen LogP contribution in [-0.4, -0.2) is 24.0 Å². The molecule has 0 aliphatic heterocycles. The van der Waals surface area contributed by atoms with Crippen LogP contribution in [0.5, 0.6) is 0 Å². The lowest BCUT2D eigenvalue weighted by atomic mass is 9.48. The first-order valence-corrected chi connectivity index (χ1v) is 14.2. The maximum atomic E-state index is 14.6. The van der Waals surface area contributed by atoms with Gasteiger partial charge in [-0.25, -0.2) is 0 Å². The summed E-state index contributed by atoms with van der Waals surface area (Å²) in [6, 6.07) is 20.8.